The van der Waals surface area contributed by atoms with Gasteiger partial charge < -0.3 is 20.9 Å². The van der Waals surface area contributed by atoms with E-state index in [0.717, 1.165) is 0 Å². The highest BCUT2D eigenvalue weighted by Gasteiger charge is 2.48. The third-order valence-electron chi connectivity index (χ3n) is 2.67. The molecule has 1 aliphatic carbocycles. The second kappa shape index (κ2) is 4.69. The lowest BCUT2D eigenvalue weighted by atomic mass is 10.3. The van der Waals surface area contributed by atoms with Crippen LogP contribution in [0.4, 0.5) is 23.9 Å². The van der Waals surface area contributed by atoms with E-state index < -0.39 is 29.3 Å². The van der Waals surface area contributed by atoms with E-state index in [2.05, 4.69) is 9.97 Å². The molecule has 4 N–H and O–H groups in total. The van der Waals surface area contributed by atoms with Crippen molar-refractivity contribution in [2.45, 2.75) is 24.6 Å². The minimum absolute atomic E-state index is 0.282. The number of hydrogen-bond acceptors (Lipinski definition) is 6. The second-order valence-corrected chi connectivity index (χ2v) is 4.34. The largest absolute Gasteiger partial charge is 0.473 e. The van der Waals surface area contributed by atoms with Crippen LogP contribution >= 0.6 is 0 Å². The zero-order valence-corrected chi connectivity index (χ0v) is 10.1. The van der Waals surface area contributed by atoms with Crippen LogP contribution in [-0.2, 0) is 10.9 Å². The second-order valence-electron chi connectivity index (χ2n) is 4.34. The molecule has 1 saturated carbocycles. The molecule has 7 nitrogen and oxygen atoms in total. The van der Waals surface area contributed by atoms with Gasteiger partial charge in [0.05, 0.1) is 0 Å². The zero-order chi connectivity index (χ0) is 15.0. The average Bonchev–Trinajstić information content (AvgIpc) is 3.04. The molecular weight excluding hydrogens is 281 g/mol. The quantitative estimate of drug-likeness (QED) is 0.858. The maximum Gasteiger partial charge on any atom is 0.423 e. The van der Waals surface area contributed by atoms with Gasteiger partial charge >= 0.3 is 12.3 Å². The molecule has 0 saturated heterocycles. The number of nitrogen functional groups attached to an aromatic ring is 1. The molecule has 1 amide bonds. The number of primary amides is 1. The maximum absolute atomic E-state index is 12.7. The van der Waals surface area contributed by atoms with Gasteiger partial charge in [-0.15, -0.1) is 0 Å². The van der Waals surface area contributed by atoms with E-state index in [1.165, 1.54) is 0 Å². The monoisotopic (exact) mass is 292 g/mol. The fourth-order valence-corrected chi connectivity index (χ4v) is 1.51. The number of anilines is 1. The Hall–Kier alpha value is -2.26. The lowest BCUT2D eigenvalue weighted by Crippen LogP contribution is -2.30. The van der Waals surface area contributed by atoms with Crippen molar-refractivity contribution in [1.82, 2.24) is 9.97 Å². The van der Waals surface area contributed by atoms with Crippen LogP contribution in [0.15, 0.2) is 6.20 Å². The fraction of sp³-hybridized carbons (Fsp3) is 0.500. The van der Waals surface area contributed by atoms with E-state index >= 15 is 0 Å². The van der Waals surface area contributed by atoms with Gasteiger partial charge in [0, 0.05) is 6.20 Å². The third-order valence-corrected chi connectivity index (χ3v) is 2.67. The smallest absolute Gasteiger partial charge is 0.423 e. The number of nitrogens with two attached hydrogens (primary N) is 2. The SMILES string of the molecule is NC(=O)OC1(COc2nc(N)ncc2C(F)(F)F)CC1. The Balaban J connectivity index is 2.13. The Morgan fingerprint density at radius 3 is 2.60 bits per heavy atom. The van der Waals surface area contributed by atoms with Gasteiger partial charge in [-0.3, -0.25) is 0 Å². The van der Waals surface area contributed by atoms with Crippen LogP contribution in [0.2, 0.25) is 0 Å². The summed E-state index contributed by atoms with van der Waals surface area (Å²) in [6.45, 7) is -0.282. The third kappa shape index (κ3) is 3.19. The Morgan fingerprint density at radius 2 is 2.10 bits per heavy atom. The number of halogens is 3. The van der Waals surface area contributed by atoms with Crippen LogP contribution in [0, 0.1) is 0 Å². The van der Waals surface area contributed by atoms with Gasteiger partial charge in [-0.05, 0) is 12.8 Å². The molecule has 0 aliphatic heterocycles. The molecule has 1 aromatic rings. The van der Waals surface area contributed by atoms with Crippen LogP contribution in [0.3, 0.4) is 0 Å². The predicted octanol–water partition coefficient (Wildman–Crippen LogP) is 1.08. The summed E-state index contributed by atoms with van der Waals surface area (Å²) in [6.07, 6.45) is -4.24. The molecular formula is C10H11F3N4O3. The molecule has 0 aromatic carbocycles. The van der Waals surface area contributed by atoms with Crippen LogP contribution in [0.25, 0.3) is 0 Å². The number of carbonyl (C=O) groups is 1. The van der Waals surface area contributed by atoms with Gasteiger partial charge in [0.1, 0.15) is 17.8 Å². The molecule has 0 radical (unpaired) electrons. The number of hydrogen-bond donors (Lipinski definition) is 2. The summed E-state index contributed by atoms with van der Waals surface area (Å²) in [7, 11) is 0. The predicted molar refractivity (Wildman–Crippen MR) is 59.6 cm³/mol. The molecule has 1 aliphatic rings. The van der Waals surface area contributed by atoms with Crippen LogP contribution < -0.4 is 16.2 Å². The summed E-state index contributed by atoms with van der Waals surface area (Å²) >= 11 is 0. The minimum atomic E-state index is -4.68. The first-order chi connectivity index (χ1) is 9.22. The standard InChI is InChI=1S/C10H11F3N4O3/c11-10(12,13)5-3-16-7(14)17-6(5)19-4-9(1-2-9)20-8(15)18/h3H,1-2,4H2,(H2,15,18)(H2,14,16,17). The zero-order valence-electron chi connectivity index (χ0n) is 10.1. The number of alkyl halides is 3. The normalized spacial score (nSPS) is 16.6. The summed E-state index contributed by atoms with van der Waals surface area (Å²) in [5.74, 6) is -1.06. The van der Waals surface area contributed by atoms with Crippen molar-refractivity contribution in [3.63, 3.8) is 0 Å². The molecule has 0 bridgehead atoms. The Kier molecular flexibility index (Phi) is 3.32. The van der Waals surface area contributed by atoms with Crippen LogP contribution in [0.1, 0.15) is 18.4 Å². The number of ether oxygens (including phenoxy) is 2. The van der Waals surface area contributed by atoms with Crippen molar-refractivity contribution in [2.75, 3.05) is 12.3 Å². The molecule has 1 heterocycles. The lowest BCUT2D eigenvalue weighted by Gasteiger charge is -2.17. The van der Waals surface area contributed by atoms with Crippen molar-refractivity contribution in [1.29, 1.82) is 0 Å². The molecule has 20 heavy (non-hydrogen) atoms. The van der Waals surface area contributed by atoms with Crippen molar-refractivity contribution in [2.24, 2.45) is 5.73 Å². The number of nitrogens with zero attached hydrogens (tertiary/aromatic N) is 2. The van der Waals surface area contributed by atoms with Gasteiger partial charge in [-0.25, -0.2) is 9.78 Å². The molecule has 1 fully saturated rings. The van der Waals surface area contributed by atoms with Gasteiger partial charge in [0.15, 0.2) is 0 Å². The van der Waals surface area contributed by atoms with Gasteiger partial charge in [0.25, 0.3) is 0 Å². The molecule has 0 spiro atoms. The van der Waals surface area contributed by atoms with Crippen molar-refractivity contribution in [3.8, 4) is 5.88 Å². The Morgan fingerprint density at radius 1 is 1.45 bits per heavy atom. The minimum Gasteiger partial charge on any atom is -0.473 e. The summed E-state index contributed by atoms with van der Waals surface area (Å²) in [5, 5.41) is 0. The van der Waals surface area contributed by atoms with E-state index in [0.29, 0.717) is 19.0 Å². The average molecular weight is 292 g/mol. The van der Waals surface area contributed by atoms with Crippen molar-refractivity contribution in [3.05, 3.63) is 11.8 Å². The highest BCUT2D eigenvalue weighted by Crippen LogP contribution is 2.41. The molecule has 0 unspecified atom stereocenters. The number of carbonyl (C=O) groups excluding carboxylic acids is 1. The van der Waals surface area contributed by atoms with Gasteiger partial charge in [-0.2, -0.15) is 18.2 Å². The van der Waals surface area contributed by atoms with Gasteiger partial charge in [-0.1, -0.05) is 0 Å². The van der Waals surface area contributed by atoms with E-state index in [1.54, 1.807) is 0 Å². The number of aromatic nitrogens is 2. The number of amides is 1. The summed E-state index contributed by atoms with van der Waals surface area (Å²) in [4.78, 5) is 17.3. The summed E-state index contributed by atoms with van der Waals surface area (Å²) < 4.78 is 47.9. The fourth-order valence-electron chi connectivity index (χ4n) is 1.51. The van der Waals surface area contributed by atoms with Crippen LogP contribution in [0.5, 0.6) is 5.88 Å². The topological polar surface area (TPSA) is 113 Å². The van der Waals surface area contributed by atoms with Crippen molar-refractivity contribution >= 4 is 12.0 Å². The Labute approximate surface area is 111 Å². The first-order valence-corrected chi connectivity index (χ1v) is 5.53. The summed E-state index contributed by atoms with van der Waals surface area (Å²) in [5.41, 5.74) is 7.97. The maximum atomic E-state index is 12.7. The van der Waals surface area contributed by atoms with Crippen molar-refractivity contribution < 1.29 is 27.4 Å². The van der Waals surface area contributed by atoms with Crippen LogP contribution in [-0.4, -0.2) is 28.3 Å². The van der Waals surface area contributed by atoms with E-state index in [4.69, 9.17) is 20.9 Å². The molecule has 0 atom stereocenters. The first kappa shape index (κ1) is 14.2. The lowest BCUT2D eigenvalue weighted by molar-refractivity contribution is -0.139. The highest BCUT2D eigenvalue weighted by atomic mass is 19.4. The highest BCUT2D eigenvalue weighted by molar-refractivity contribution is 5.65. The molecule has 1 aromatic heterocycles. The summed E-state index contributed by atoms with van der Waals surface area (Å²) in [6, 6.07) is 0. The number of rotatable bonds is 4. The molecule has 10 heteroatoms. The molecule has 2 rings (SSSR count). The Bertz CT molecular complexity index is 531. The van der Waals surface area contributed by atoms with Gasteiger partial charge in [0.2, 0.25) is 11.8 Å². The van der Waals surface area contributed by atoms with E-state index in [9.17, 15) is 18.0 Å². The molecule has 110 valence electrons. The first-order valence-electron chi connectivity index (χ1n) is 5.53. The van der Waals surface area contributed by atoms with E-state index in [1.807, 2.05) is 0 Å². The van der Waals surface area contributed by atoms with E-state index in [-0.39, 0.29) is 12.6 Å².